The monoisotopic (exact) mass is 347 g/mol. The number of hydrogen-bond acceptors (Lipinski definition) is 2. The number of halogens is 2. The molecule has 0 bridgehead atoms. The average molecular weight is 349 g/mol. The van der Waals surface area contributed by atoms with Gasteiger partial charge in [-0.3, -0.25) is 4.90 Å². The summed E-state index contributed by atoms with van der Waals surface area (Å²) in [6, 6.07) is 0. The van der Waals surface area contributed by atoms with E-state index in [1.54, 1.807) is 0 Å². The zero-order chi connectivity index (χ0) is 9.52. The van der Waals surface area contributed by atoms with Gasteiger partial charge in [0.1, 0.15) is 13.1 Å². The summed E-state index contributed by atoms with van der Waals surface area (Å²) in [6.07, 6.45) is -0.194. The number of rotatable bonds is 2. The van der Waals surface area contributed by atoms with Crippen molar-refractivity contribution in [1.82, 2.24) is 4.90 Å². The summed E-state index contributed by atoms with van der Waals surface area (Å²) < 4.78 is 0. The number of nitrogens with two attached hydrogens (primary N) is 2. The molecular weight excluding hydrogens is 326 g/mol. The van der Waals surface area contributed by atoms with Gasteiger partial charge in [-0.1, -0.05) is 0 Å². The fraction of sp³-hybridized carbons (Fsp3) is 1.00. The second kappa shape index (κ2) is 11.3. The van der Waals surface area contributed by atoms with Crippen LogP contribution in [0.5, 0.6) is 0 Å². The average Bonchev–Trinajstić information content (AvgIpc) is 2.17. The molecule has 0 aromatic carbocycles. The standard InChI is InChI=1S/C9H21N3O.2BrH/c1-9(13)8-12-6-4-10-2-3-11-5-7-12;;/h9-11,13H,2-8H2,1H3;2*1H/t9-;;/m0../s1. The van der Waals surface area contributed by atoms with Gasteiger partial charge in [0.15, 0.2) is 0 Å². The van der Waals surface area contributed by atoms with Gasteiger partial charge in [-0.05, 0) is 6.92 Å². The van der Waals surface area contributed by atoms with Gasteiger partial charge in [-0.15, -0.1) is 0 Å². The fourth-order valence-corrected chi connectivity index (χ4v) is 1.74. The molecule has 1 saturated heterocycles. The molecule has 0 aromatic rings. The van der Waals surface area contributed by atoms with Gasteiger partial charge in [0, 0.05) is 19.6 Å². The molecule has 94 valence electrons. The van der Waals surface area contributed by atoms with E-state index in [0.29, 0.717) is 0 Å². The highest BCUT2D eigenvalue weighted by molar-refractivity contribution is 4.60. The Balaban J connectivity index is 0. The van der Waals surface area contributed by atoms with Crippen LogP contribution in [0.4, 0.5) is 0 Å². The van der Waals surface area contributed by atoms with E-state index in [9.17, 15) is 5.11 Å². The van der Waals surface area contributed by atoms with Crippen LogP contribution >= 0.6 is 0 Å². The maximum atomic E-state index is 9.28. The van der Waals surface area contributed by atoms with E-state index >= 15 is 0 Å². The van der Waals surface area contributed by atoms with Crippen LogP contribution in [0.1, 0.15) is 6.92 Å². The first-order valence-corrected chi connectivity index (χ1v) is 5.33. The highest BCUT2D eigenvalue weighted by atomic mass is 79.9. The molecule has 1 atom stereocenters. The Hall–Kier alpha value is 0.800. The molecular formula is C9H23Br2N3O. The minimum atomic E-state index is -0.194. The van der Waals surface area contributed by atoms with E-state index in [1.807, 2.05) is 6.92 Å². The van der Waals surface area contributed by atoms with E-state index in [1.165, 1.54) is 26.2 Å². The molecule has 0 aromatic heterocycles. The number of nitrogens with zero attached hydrogens (tertiary/aromatic N) is 1. The largest absolute Gasteiger partial charge is 1.00 e. The molecule has 1 aliphatic heterocycles. The first-order valence-electron chi connectivity index (χ1n) is 5.33. The number of aliphatic hydroxyl groups is 1. The third kappa shape index (κ3) is 9.71. The molecule has 0 saturated carbocycles. The van der Waals surface area contributed by atoms with Gasteiger partial charge in [-0.2, -0.15) is 0 Å². The molecule has 5 N–H and O–H groups in total. The first kappa shape index (κ1) is 18.2. The summed E-state index contributed by atoms with van der Waals surface area (Å²) in [5.74, 6) is 0. The van der Waals surface area contributed by atoms with Gasteiger partial charge in [0.25, 0.3) is 0 Å². The van der Waals surface area contributed by atoms with Crippen molar-refractivity contribution in [3.8, 4) is 0 Å². The number of β-amino-alcohol motifs (C(OH)–C–C–N with tert-alkyl or cyclic N) is 1. The van der Waals surface area contributed by atoms with Crippen LogP contribution in [0.15, 0.2) is 0 Å². The third-order valence-corrected chi connectivity index (χ3v) is 2.40. The Labute approximate surface area is 113 Å². The highest BCUT2D eigenvalue weighted by Gasteiger charge is 2.11. The normalized spacial score (nSPS) is 21.2. The Morgan fingerprint density at radius 1 is 1.07 bits per heavy atom. The zero-order valence-electron chi connectivity index (χ0n) is 9.33. The molecule has 1 rings (SSSR count). The van der Waals surface area contributed by atoms with Gasteiger partial charge in [0.2, 0.25) is 0 Å². The van der Waals surface area contributed by atoms with Gasteiger partial charge >= 0.3 is 0 Å². The second-order valence-electron chi connectivity index (χ2n) is 3.88. The van der Waals surface area contributed by atoms with Gasteiger partial charge in [-0.25, -0.2) is 0 Å². The number of hydrogen-bond donors (Lipinski definition) is 3. The van der Waals surface area contributed by atoms with E-state index in [-0.39, 0.29) is 40.1 Å². The molecule has 0 radical (unpaired) electrons. The van der Waals surface area contributed by atoms with Crippen LogP contribution < -0.4 is 44.6 Å². The van der Waals surface area contributed by atoms with Gasteiger partial charge in [0.05, 0.1) is 19.2 Å². The van der Waals surface area contributed by atoms with E-state index < -0.39 is 0 Å². The molecule has 0 aliphatic carbocycles. The van der Waals surface area contributed by atoms with Crippen molar-refractivity contribution >= 4 is 0 Å². The molecule has 1 aliphatic rings. The van der Waals surface area contributed by atoms with Crippen LogP contribution in [-0.4, -0.2) is 61.9 Å². The Bertz CT molecular complexity index is 129. The topological polar surface area (TPSA) is 56.7 Å². The quantitative estimate of drug-likeness (QED) is 0.464. The minimum absolute atomic E-state index is 0. The molecule has 0 spiro atoms. The molecule has 6 heteroatoms. The van der Waals surface area contributed by atoms with Crippen LogP contribution in [0.25, 0.3) is 0 Å². The second-order valence-corrected chi connectivity index (χ2v) is 3.88. The van der Waals surface area contributed by atoms with Crippen molar-refractivity contribution in [3.63, 3.8) is 0 Å². The number of aliphatic hydroxyl groups excluding tert-OH is 1. The predicted molar refractivity (Wildman–Crippen MR) is 51.4 cm³/mol. The van der Waals surface area contributed by atoms with Crippen LogP contribution in [-0.2, 0) is 0 Å². The summed E-state index contributed by atoms with van der Waals surface area (Å²) >= 11 is 0. The molecule has 0 unspecified atom stereocenters. The third-order valence-electron chi connectivity index (χ3n) is 2.40. The lowest BCUT2D eigenvalue weighted by atomic mass is 10.3. The lowest BCUT2D eigenvalue weighted by Gasteiger charge is -2.20. The fourth-order valence-electron chi connectivity index (χ4n) is 1.74. The van der Waals surface area contributed by atoms with E-state index in [2.05, 4.69) is 15.5 Å². The van der Waals surface area contributed by atoms with Crippen molar-refractivity contribution < 1.29 is 49.7 Å². The number of quaternary nitrogens is 2. The lowest BCUT2D eigenvalue weighted by molar-refractivity contribution is -0.718. The van der Waals surface area contributed by atoms with Crippen molar-refractivity contribution in [2.75, 3.05) is 45.8 Å². The summed E-state index contributed by atoms with van der Waals surface area (Å²) in [5.41, 5.74) is 0. The highest BCUT2D eigenvalue weighted by Crippen LogP contribution is 1.89. The van der Waals surface area contributed by atoms with Crippen molar-refractivity contribution in [2.45, 2.75) is 13.0 Å². The predicted octanol–water partition coefficient (Wildman–Crippen LogP) is -9.18. The summed E-state index contributed by atoms with van der Waals surface area (Å²) in [5, 5.41) is 14.0. The van der Waals surface area contributed by atoms with Crippen molar-refractivity contribution in [2.24, 2.45) is 0 Å². The summed E-state index contributed by atoms with van der Waals surface area (Å²) in [4.78, 5) is 2.35. The molecule has 4 nitrogen and oxygen atoms in total. The SMILES string of the molecule is C[C@H](O)CN1CC[NH2+]CC[NH2+]CC1.[Br-].[Br-]. The van der Waals surface area contributed by atoms with Crippen LogP contribution in [0.3, 0.4) is 0 Å². The molecule has 1 fully saturated rings. The zero-order valence-corrected chi connectivity index (χ0v) is 12.5. The lowest BCUT2D eigenvalue weighted by Crippen LogP contribution is -3.00. The maximum absolute atomic E-state index is 9.28. The van der Waals surface area contributed by atoms with Gasteiger partial charge < -0.3 is 49.7 Å². The summed E-state index contributed by atoms with van der Waals surface area (Å²) in [6.45, 7) is 9.69. The van der Waals surface area contributed by atoms with E-state index in [0.717, 1.165) is 19.6 Å². The first-order chi connectivity index (χ1) is 6.29. The van der Waals surface area contributed by atoms with E-state index in [4.69, 9.17) is 0 Å². The smallest absolute Gasteiger partial charge is 0.125 e. The Morgan fingerprint density at radius 3 is 1.93 bits per heavy atom. The van der Waals surface area contributed by atoms with Crippen LogP contribution in [0.2, 0.25) is 0 Å². The minimum Gasteiger partial charge on any atom is -1.00 e. The Morgan fingerprint density at radius 2 is 1.53 bits per heavy atom. The Kier molecular flexibility index (Phi) is 13.7. The van der Waals surface area contributed by atoms with Crippen LogP contribution in [0, 0.1) is 0 Å². The van der Waals surface area contributed by atoms with Crippen molar-refractivity contribution in [3.05, 3.63) is 0 Å². The molecule has 0 amide bonds. The molecule has 1 heterocycles. The van der Waals surface area contributed by atoms with Crippen molar-refractivity contribution in [1.29, 1.82) is 0 Å². The molecule has 15 heavy (non-hydrogen) atoms. The summed E-state index contributed by atoms with van der Waals surface area (Å²) in [7, 11) is 0. The maximum Gasteiger partial charge on any atom is 0.125 e.